The second-order valence-electron chi connectivity index (χ2n) is 4.94. The molecule has 1 aliphatic rings. The first kappa shape index (κ1) is 13.1. The van der Waals surface area contributed by atoms with Gasteiger partial charge in [-0.15, -0.1) is 0 Å². The van der Waals surface area contributed by atoms with Crippen molar-refractivity contribution in [3.63, 3.8) is 0 Å². The monoisotopic (exact) mass is 332 g/mol. The number of halogens is 1. The minimum absolute atomic E-state index is 0.103. The lowest BCUT2D eigenvalue weighted by atomic mass is 10.1. The SMILES string of the molecule is O=[N+]([O-])c1ccc(Br)c(NC2Cc3ccccc3C2)c1. The molecule has 4 nitrogen and oxygen atoms in total. The lowest BCUT2D eigenvalue weighted by Gasteiger charge is -2.14. The Bertz CT molecular complexity index is 648. The Morgan fingerprint density at radius 1 is 1.15 bits per heavy atom. The standard InChI is InChI=1S/C15H13BrN2O2/c16-14-6-5-13(18(19)20)9-15(14)17-12-7-10-3-1-2-4-11(10)8-12/h1-6,9,12,17H,7-8H2. The molecule has 1 N–H and O–H groups in total. The first-order valence-corrected chi connectivity index (χ1v) is 7.20. The summed E-state index contributed by atoms with van der Waals surface area (Å²) in [6, 6.07) is 13.4. The molecular formula is C15H13BrN2O2. The summed E-state index contributed by atoms with van der Waals surface area (Å²) in [5.74, 6) is 0. The van der Waals surface area contributed by atoms with E-state index in [0.717, 1.165) is 23.0 Å². The molecule has 20 heavy (non-hydrogen) atoms. The van der Waals surface area contributed by atoms with Crippen molar-refractivity contribution < 1.29 is 4.92 Å². The number of non-ortho nitro benzene ring substituents is 1. The summed E-state index contributed by atoms with van der Waals surface area (Å²) in [6.45, 7) is 0. The highest BCUT2D eigenvalue weighted by Gasteiger charge is 2.22. The van der Waals surface area contributed by atoms with Gasteiger partial charge in [0.25, 0.3) is 5.69 Å². The fourth-order valence-electron chi connectivity index (χ4n) is 2.62. The number of rotatable bonds is 3. The highest BCUT2D eigenvalue weighted by atomic mass is 79.9. The van der Waals surface area contributed by atoms with Gasteiger partial charge in [0.2, 0.25) is 0 Å². The number of nitrogens with zero attached hydrogens (tertiary/aromatic N) is 1. The third-order valence-corrected chi connectivity index (χ3v) is 4.26. The number of anilines is 1. The van der Waals surface area contributed by atoms with E-state index in [1.54, 1.807) is 12.1 Å². The first-order chi connectivity index (χ1) is 9.63. The van der Waals surface area contributed by atoms with E-state index in [9.17, 15) is 10.1 Å². The molecule has 0 radical (unpaired) electrons. The van der Waals surface area contributed by atoms with Crippen LogP contribution in [0.4, 0.5) is 11.4 Å². The number of nitrogens with one attached hydrogen (secondary N) is 1. The topological polar surface area (TPSA) is 55.2 Å². The van der Waals surface area contributed by atoms with Crippen LogP contribution < -0.4 is 5.32 Å². The summed E-state index contributed by atoms with van der Waals surface area (Å²) in [5, 5.41) is 14.2. The molecule has 5 heteroatoms. The van der Waals surface area contributed by atoms with Gasteiger partial charge in [0, 0.05) is 22.6 Å². The Hall–Kier alpha value is -1.88. The van der Waals surface area contributed by atoms with Crippen LogP contribution >= 0.6 is 15.9 Å². The lowest BCUT2D eigenvalue weighted by molar-refractivity contribution is -0.384. The molecule has 0 amide bonds. The Morgan fingerprint density at radius 2 is 1.80 bits per heavy atom. The Balaban J connectivity index is 1.80. The molecule has 0 atom stereocenters. The van der Waals surface area contributed by atoms with Crippen molar-refractivity contribution in [3.8, 4) is 0 Å². The molecule has 102 valence electrons. The van der Waals surface area contributed by atoms with Gasteiger partial charge >= 0.3 is 0 Å². The average molecular weight is 333 g/mol. The van der Waals surface area contributed by atoms with Crippen molar-refractivity contribution in [3.05, 3.63) is 68.2 Å². The molecule has 0 spiro atoms. The number of benzene rings is 2. The first-order valence-electron chi connectivity index (χ1n) is 6.41. The van der Waals surface area contributed by atoms with Crippen LogP contribution in [0.5, 0.6) is 0 Å². The molecular weight excluding hydrogens is 320 g/mol. The smallest absolute Gasteiger partial charge is 0.271 e. The molecule has 0 heterocycles. The molecule has 2 aromatic carbocycles. The van der Waals surface area contributed by atoms with E-state index in [-0.39, 0.29) is 16.7 Å². The zero-order valence-electron chi connectivity index (χ0n) is 10.7. The van der Waals surface area contributed by atoms with Gasteiger partial charge in [0.1, 0.15) is 0 Å². The van der Waals surface area contributed by atoms with Crippen LogP contribution in [0.2, 0.25) is 0 Å². The maximum Gasteiger partial charge on any atom is 0.271 e. The van der Waals surface area contributed by atoms with E-state index in [4.69, 9.17) is 0 Å². The normalized spacial score (nSPS) is 14.1. The predicted octanol–water partition coefficient (Wildman–Crippen LogP) is 3.94. The summed E-state index contributed by atoms with van der Waals surface area (Å²) in [4.78, 5) is 10.5. The fraction of sp³-hybridized carbons (Fsp3) is 0.200. The van der Waals surface area contributed by atoms with Crippen LogP contribution in [0.25, 0.3) is 0 Å². The highest BCUT2D eigenvalue weighted by Crippen LogP contribution is 2.30. The maximum absolute atomic E-state index is 10.8. The van der Waals surface area contributed by atoms with Gasteiger partial charge in [-0.2, -0.15) is 0 Å². The summed E-state index contributed by atoms with van der Waals surface area (Å²) in [5.41, 5.74) is 3.58. The van der Waals surface area contributed by atoms with Gasteiger partial charge < -0.3 is 5.32 Å². The summed E-state index contributed by atoms with van der Waals surface area (Å²) in [6.07, 6.45) is 1.90. The summed E-state index contributed by atoms with van der Waals surface area (Å²) in [7, 11) is 0. The van der Waals surface area contributed by atoms with Crippen LogP contribution in [0.15, 0.2) is 46.9 Å². The van der Waals surface area contributed by atoms with Gasteiger partial charge in [-0.25, -0.2) is 0 Å². The Labute approximate surface area is 125 Å². The maximum atomic E-state index is 10.8. The van der Waals surface area contributed by atoms with Crippen LogP contribution in [0.3, 0.4) is 0 Å². The van der Waals surface area contributed by atoms with E-state index in [1.807, 2.05) is 12.1 Å². The molecule has 0 aliphatic heterocycles. The molecule has 0 aromatic heterocycles. The predicted molar refractivity (Wildman–Crippen MR) is 82.1 cm³/mol. The van der Waals surface area contributed by atoms with Crippen molar-refractivity contribution in [1.29, 1.82) is 0 Å². The van der Waals surface area contributed by atoms with E-state index in [0.29, 0.717) is 0 Å². The number of hydrogen-bond acceptors (Lipinski definition) is 3. The molecule has 3 rings (SSSR count). The van der Waals surface area contributed by atoms with Crippen molar-refractivity contribution >= 4 is 27.3 Å². The third-order valence-electron chi connectivity index (χ3n) is 3.57. The number of nitro groups is 1. The third kappa shape index (κ3) is 2.54. The molecule has 0 unspecified atom stereocenters. The molecule has 0 saturated carbocycles. The largest absolute Gasteiger partial charge is 0.381 e. The van der Waals surface area contributed by atoms with E-state index in [2.05, 4.69) is 33.4 Å². The molecule has 0 bridgehead atoms. The van der Waals surface area contributed by atoms with Crippen LogP contribution in [0, 0.1) is 10.1 Å². The zero-order valence-corrected chi connectivity index (χ0v) is 12.3. The molecule has 2 aromatic rings. The van der Waals surface area contributed by atoms with Crippen molar-refractivity contribution in [2.24, 2.45) is 0 Å². The second kappa shape index (κ2) is 5.25. The Kier molecular flexibility index (Phi) is 3.44. The van der Waals surface area contributed by atoms with Gasteiger partial charge in [-0.3, -0.25) is 10.1 Å². The van der Waals surface area contributed by atoms with Gasteiger partial charge in [-0.05, 0) is 46.0 Å². The fourth-order valence-corrected chi connectivity index (χ4v) is 2.98. The average Bonchev–Trinajstić information content (AvgIpc) is 2.83. The minimum atomic E-state index is -0.374. The van der Waals surface area contributed by atoms with Gasteiger partial charge in [0.05, 0.1) is 10.6 Å². The highest BCUT2D eigenvalue weighted by molar-refractivity contribution is 9.10. The minimum Gasteiger partial charge on any atom is -0.381 e. The molecule has 1 aliphatic carbocycles. The van der Waals surface area contributed by atoms with Crippen LogP contribution in [0.1, 0.15) is 11.1 Å². The van der Waals surface area contributed by atoms with Crippen LogP contribution in [-0.2, 0) is 12.8 Å². The quantitative estimate of drug-likeness (QED) is 0.684. The lowest BCUT2D eigenvalue weighted by Crippen LogP contribution is -2.19. The number of hydrogen-bond donors (Lipinski definition) is 1. The van der Waals surface area contributed by atoms with E-state index in [1.165, 1.54) is 17.2 Å². The molecule has 0 fully saturated rings. The molecule has 0 saturated heterocycles. The van der Waals surface area contributed by atoms with Crippen molar-refractivity contribution in [2.45, 2.75) is 18.9 Å². The second-order valence-corrected chi connectivity index (χ2v) is 5.79. The zero-order chi connectivity index (χ0) is 14.1. The summed E-state index contributed by atoms with van der Waals surface area (Å²) < 4.78 is 0.846. The summed E-state index contributed by atoms with van der Waals surface area (Å²) >= 11 is 3.44. The van der Waals surface area contributed by atoms with Gasteiger partial charge in [0.15, 0.2) is 0 Å². The number of nitro benzene ring substituents is 1. The van der Waals surface area contributed by atoms with Crippen LogP contribution in [-0.4, -0.2) is 11.0 Å². The Morgan fingerprint density at radius 3 is 2.40 bits per heavy atom. The van der Waals surface area contributed by atoms with Crippen molar-refractivity contribution in [2.75, 3.05) is 5.32 Å². The van der Waals surface area contributed by atoms with E-state index < -0.39 is 0 Å². The number of fused-ring (bicyclic) bond motifs is 1. The van der Waals surface area contributed by atoms with E-state index >= 15 is 0 Å². The van der Waals surface area contributed by atoms with Crippen molar-refractivity contribution in [1.82, 2.24) is 0 Å². The van der Waals surface area contributed by atoms with Gasteiger partial charge in [-0.1, -0.05) is 24.3 Å².